The van der Waals surface area contributed by atoms with Crippen LogP contribution in [0.1, 0.15) is 53.4 Å². The molecular weight excluding hydrogens is 945 g/mol. The van der Waals surface area contributed by atoms with E-state index in [9.17, 15) is 33.7 Å². The summed E-state index contributed by atoms with van der Waals surface area (Å²) in [5.74, 6) is -3.33. The fourth-order valence-electron chi connectivity index (χ4n) is 5.18. The second-order valence-electron chi connectivity index (χ2n) is 13.9. The van der Waals surface area contributed by atoms with Crippen LogP contribution in [-0.2, 0) is 78.2 Å². The van der Waals surface area contributed by atoms with Gasteiger partial charge in [-0.05, 0) is 25.7 Å². The second kappa shape index (κ2) is 35.4. The maximum Gasteiger partial charge on any atom is 0.300 e. The summed E-state index contributed by atoms with van der Waals surface area (Å²) in [6.07, 6.45) is 1.79. The SMILES string of the molecule is CC(=O)O.CC(=O)O.CC(=O)O.CC(=O)O.CO[C@@H]1CNC[C@@H](S(N)(=O)=O)C1.CO[C@@H]1CNC[C@H](S(N)(=O)=O)C1.CO[C@H]1CNC[C@@H](S(N)(=O)=O)C1.CO[C@H]1CNC[C@H](S(N)(=O)=O)C1. The lowest BCUT2D eigenvalue weighted by Crippen LogP contribution is -2.48. The number of primary sulfonamides is 4. The van der Waals surface area contributed by atoms with Gasteiger partial charge in [-0.15, -0.1) is 0 Å². The normalized spacial score (nSPS) is 25.4. The highest BCUT2D eigenvalue weighted by Gasteiger charge is 2.31. The highest BCUT2D eigenvalue weighted by molar-refractivity contribution is 7.90. The lowest BCUT2D eigenvalue weighted by molar-refractivity contribution is -0.135. The molecule has 0 aromatic heterocycles. The molecule has 4 aliphatic heterocycles. The first kappa shape index (κ1) is 67.8. The first-order valence-electron chi connectivity index (χ1n) is 18.9. The molecule has 4 heterocycles. The molecule has 0 aromatic carbocycles. The third kappa shape index (κ3) is 41.9. The molecule has 0 radical (unpaired) electrons. The number of aliphatic carboxylic acids is 4. The fourth-order valence-corrected chi connectivity index (χ4v) is 8.51. The quantitative estimate of drug-likeness (QED) is 0.108. The molecule has 64 heavy (non-hydrogen) atoms. The van der Waals surface area contributed by atoms with E-state index < -0.39 is 85.0 Å². The van der Waals surface area contributed by atoms with Crippen LogP contribution in [-0.4, -0.2) is 204 Å². The molecule has 4 saturated heterocycles. The smallest absolute Gasteiger partial charge is 0.300 e. The van der Waals surface area contributed by atoms with Crippen molar-refractivity contribution in [1.82, 2.24) is 21.3 Å². The number of methoxy groups -OCH3 is 4. The summed E-state index contributed by atoms with van der Waals surface area (Å²) in [4.78, 5) is 36.0. The maximum absolute atomic E-state index is 10.9. The average molecular weight is 1020 g/mol. The van der Waals surface area contributed by atoms with Gasteiger partial charge in [0.2, 0.25) is 40.1 Å². The largest absolute Gasteiger partial charge is 0.481 e. The van der Waals surface area contributed by atoms with Gasteiger partial charge in [-0.25, -0.2) is 54.2 Å². The second-order valence-corrected chi connectivity index (χ2v) is 21.3. The first-order chi connectivity index (χ1) is 29.1. The zero-order valence-electron chi connectivity index (χ0n) is 37.4. The Morgan fingerprint density at radius 2 is 0.500 bits per heavy atom. The first-order valence-corrected chi connectivity index (χ1v) is 25.3. The molecule has 28 nitrogen and oxygen atoms in total. The van der Waals surface area contributed by atoms with E-state index in [0.29, 0.717) is 78.0 Å². The molecule has 0 unspecified atom stereocenters. The third-order valence-electron chi connectivity index (χ3n) is 8.27. The van der Waals surface area contributed by atoms with Gasteiger partial charge in [-0.1, -0.05) is 0 Å². The minimum Gasteiger partial charge on any atom is -0.481 e. The van der Waals surface area contributed by atoms with Crippen molar-refractivity contribution in [3.05, 3.63) is 0 Å². The van der Waals surface area contributed by atoms with E-state index in [0.717, 1.165) is 27.7 Å². The number of sulfonamides is 4. The molecule has 0 spiro atoms. The predicted molar refractivity (Wildman–Crippen MR) is 234 cm³/mol. The monoisotopic (exact) mass is 1020 g/mol. The molecule has 4 aliphatic rings. The van der Waals surface area contributed by atoms with Crippen LogP contribution in [0.2, 0.25) is 0 Å². The van der Waals surface area contributed by atoms with Gasteiger partial charge < -0.3 is 60.6 Å². The van der Waals surface area contributed by atoms with Gasteiger partial charge >= 0.3 is 0 Å². The van der Waals surface area contributed by atoms with Crippen LogP contribution in [0, 0.1) is 0 Å². The summed E-state index contributed by atoms with van der Waals surface area (Å²) in [5, 5.41) is 59.5. The van der Waals surface area contributed by atoms with Crippen LogP contribution in [0.4, 0.5) is 0 Å². The molecule has 4 fully saturated rings. The number of hydrogen-bond acceptors (Lipinski definition) is 20. The van der Waals surface area contributed by atoms with Crippen molar-refractivity contribution >= 4 is 64.0 Å². The number of ether oxygens (including phenoxy) is 4. The van der Waals surface area contributed by atoms with E-state index in [4.69, 9.17) is 79.1 Å². The van der Waals surface area contributed by atoms with Crippen LogP contribution in [0.3, 0.4) is 0 Å². The molecule has 0 aromatic rings. The molecular formula is C32H72N8O20S4. The molecule has 0 aliphatic carbocycles. The van der Waals surface area contributed by atoms with Gasteiger partial charge in [0.15, 0.2) is 0 Å². The van der Waals surface area contributed by atoms with Crippen molar-refractivity contribution < 1.29 is 92.2 Å². The molecule has 8 atom stereocenters. The van der Waals surface area contributed by atoms with Crippen molar-refractivity contribution in [3.8, 4) is 0 Å². The number of rotatable bonds is 8. The zero-order chi connectivity index (χ0) is 51.1. The highest BCUT2D eigenvalue weighted by atomic mass is 32.2. The number of piperidine rings is 4. The summed E-state index contributed by atoms with van der Waals surface area (Å²) in [6, 6.07) is 0. The van der Waals surface area contributed by atoms with Gasteiger partial charge in [0.1, 0.15) is 0 Å². The van der Waals surface area contributed by atoms with E-state index in [2.05, 4.69) is 21.3 Å². The van der Waals surface area contributed by atoms with Crippen LogP contribution >= 0.6 is 0 Å². The van der Waals surface area contributed by atoms with Gasteiger partial charge in [-0.2, -0.15) is 0 Å². The van der Waals surface area contributed by atoms with E-state index >= 15 is 0 Å². The summed E-state index contributed by atoms with van der Waals surface area (Å²) >= 11 is 0. The lowest BCUT2D eigenvalue weighted by Gasteiger charge is -2.27. The highest BCUT2D eigenvalue weighted by Crippen LogP contribution is 2.14. The Morgan fingerprint density at radius 3 is 0.594 bits per heavy atom. The van der Waals surface area contributed by atoms with Crippen molar-refractivity contribution in [2.75, 3.05) is 80.8 Å². The Kier molecular flexibility index (Phi) is 37.5. The van der Waals surface area contributed by atoms with E-state index in [1.807, 2.05) is 0 Å². The number of carboxylic acids is 4. The molecule has 32 heteroatoms. The number of hydrogen-bond donors (Lipinski definition) is 12. The van der Waals surface area contributed by atoms with Crippen molar-refractivity contribution in [2.24, 2.45) is 20.6 Å². The number of nitrogens with one attached hydrogen (secondary N) is 4. The van der Waals surface area contributed by atoms with Gasteiger partial charge in [-0.3, -0.25) is 19.2 Å². The summed E-state index contributed by atoms with van der Waals surface area (Å²) in [7, 11) is -7.38. The minimum atomic E-state index is -3.41. The van der Waals surface area contributed by atoms with Crippen LogP contribution in [0.15, 0.2) is 0 Å². The predicted octanol–water partition coefficient (Wildman–Crippen LogP) is -5.03. The maximum atomic E-state index is 10.9. The van der Waals surface area contributed by atoms with Gasteiger partial charge in [0, 0.05) is 108 Å². The Hall–Kier alpha value is -2.80. The van der Waals surface area contributed by atoms with Crippen molar-refractivity contribution in [3.63, 3.8) is 0 Å². The van der Waals surface area contributed by atoms with Crippen LogP contribution < -0.4 is 41.8 Å². The zero-order valence-corrected chi connectivity index (χ0v) is 40.6. The van der Waals surface area contributed by atoms with Gasteiger partial charge in [0.05, 0.1) is 45.4 Å². The average Bonchev–Trinajstić information content (AvgIpc) is 3.16. The Bertz CT molecular complexity index is 1510. The number of carbonyl (C=O) groups is 4. The van der Waals surface area contributed by atoms with E-state index in [-0.39, 0.29) is 24.4 Å². The molecule has 4 rings (SSSR count). The van der Waals surface area contributed by atoms with Crippen LogP contribution in [0.25, 0.3) is 0 Å². The summed E-state index contributed by atoms with van der Waals surface area (Å²) < 4.78 is 108. The van der Waals surface area contributed by atoms with Crippen molar-refractivity contribution in [1.29, 1.82) is 0 Å². The Labute approximate surface area is 376 Å². The van der Waals surface area contributed by atoms with E-state index in [1.165, 1.54) is 0 Å². The molecule has 384 valence electrons. The number of carboxylic acid groups (broad SMARTS) is 4. The Balaban J connectivity index is -0.000000337. The molecule has 16 N–H and O–H groups in total. The lowest BCUT2D eigenvalue weighted by atomic mass is 10.1. The summed E-state index contributed by atoms with van der Waals surface area (Å²) in [5.41, 5.74) is 0. The van der Waals surface area contributed by atoms with Crippen molar-refractivity contribution in [2.45, 2.75) is 98.8 Å². The topological polar surface area (TPSA) is 475 Å². The standard InChI is InChI=1S/4C6H14N2O3S.4C2H4O2/c4*1-11-5-2-6(4-8-3-5)12(7,9)10;4*1-2(3)4/h4*5-6,8H,2-4H2,1H3,(H2,7,9,10);4*1H3,(H,3,4)/t2*5-,6+;2*5-,6-;;;;/m1010..../s1. The fraction of sp³-hybridized carbons (Fsp3) is 0.875. The molecule has 0 amide bonds. The minimum absolute atomic E-state index is 0.0397. The molecule has 0 bridgehead atoms. The van der Waals surface area contributed by atoms with Gasteiger partial charge in [0.25, 0.3) is 23.9 Å². The number of nitrogens with two attached hydrogens (primary N) is 4. The Morgan fingerprint density at radius 1 is 0.375 bits per heavy atom. The van der Waals surface area contributed by atoms with Crippen LogP contribution in [0.5, 0.6) is 0 Å². The van der Waals surface area contributed by atoms with E-state index in [1.54, 1.807) is 28.4 Å². The molecule has 0 saturated carbocycles. The summed E-state index contributed by atoms with van der Waals surface area (Å²) in [6.45, 7) is 8.84. The third-order valence-corrected chi connectivity index (χ3v) is 13.4.